The zero-order chi connectivity index (χ0) is 13.3. The molecular formula is C13H15ClFN3. The van der Waals surface area contributed by atoms with E-state index in [9.17, 15) is 4.39 Å². The van der Waals surface area contributed by atoms with E-state index in [2.05, 4.69) is 5.10 Å². The molecule has 2 N–H and O–H groups in total. The molecule has 0 saturated heterocycles. The first-order valence-electron chi connectivity index (χ1n) is 5.68. The van der Waals surface area contributed by atoms with Gasteiger partial charge in [-0.2, -0.15) is 5.10 Å². The molecule has 0 aliphatic heterocycles. The molecule has 0 radical (unpaired) electrons. The number of nitrogens with two attached hydrogens (primary N) is 1. The van der Waals surface area contributed by atoms with Gasteiger partial charge in [-0.25, -0.2) is 4.39 Å². The van der Waals surface area contributed by atoms with Gasteiger partial charge in [-0.1, -0.05) is 17.7 Å². The van der Waals surface area contributed by atoms with Crippen molar-refractivity contribution in [3.8, 4) is 0 Å². The number of hydrogen-bond acceptors (Lipinski definition) is 2. The molecule has 1 aromatic carbocycles. The molecule has 1 aromatic heterocycles. The molecule has 0 bridgehead atoms. The van der Waals surface area contributed by atoms with Gasteiger partial charge in [0.2, 0.25) is 0 Å². The Bertz CT molecular complexity index is 545. The van der Waals surface area contributed by atoms with Crippen LogP contribution in [0.1, 0.15) is 23.0 Å². The largest absolute Gasteiger partial charge is 0.322 e. The van der Waals surface area contributed by atoms with Gasteiger partial charge < -0.3 is 5.73 Å². The first-order chi connectivity index (χ1) is 8.49. The average molecular weight is 268 g/mol. The van der Waals surface area contributed by atoms with Crippen LogP contribution in [-0.2, 0) is 13.5 Å². The zero-order valence-electron chi connectivity index (χ0n) is 10.3. The molecule has 0 fully saturated rings. The Kier molecular flexibility index (Phi) is 3.68. The van der Waals surface area contributed by atoms with E-state index in [-0.39, 0.29) is 11.9 Å². The first-order valence-corrected chi connectivity index (χ1v) is 6.06. The molecule has 5 heteroatoms. The lowest BCUT2D eigenvalue weighted by Gasteiger charge is -2.13. The van der Waals surface area contributed by atoms with Crippen LogP contribution in [0.15, 0.2) is 24.3 Å². The summed E-state index contributed by atoms with van der Waals surface area (Å²) in [5.41, 5.74) is 8.30. The van der Waals surface area contributed by atoms with Crippen molar-refractivity contribution in [1.29, 1.82) is 0 Å². The van der Waals surface area contributed by atoms with Crippen LogP contribution >= 0.6 is 11.6 Å². The normalized spacial score (nSPS) is 12.7. The van der Waals surface area contributed by atoms with Crippen LogP contribution < -0.4 is 5.73 Å². The summed E-state index contributed by atoms with van der Waals surface area (Å²) in [5.74, 6) is -0.322. The molecular weight excluding hydrogens is 253 g/mol. The van der Waals surface area contributed by atoms with Crippen molar-refractivity contribution in [3.05, 3.63) is 52.1 Å². The molecule has 0 spiro atoms. The third-order valence-corrected chi connectivity index (χ3v) is 3.26. The Morgan fingerprint density at radius 3 is 2.78 bits per heavy atom. The Morgan fingerprint density at radius 1 is 1.50 bits per heavy atom. The summed E-state index contributed by atoms with van der Waals surface area (Å²) in [5, 5.41) is 4.64. The Morgan fingerprint density at radius 2 is 2.22 bits per heavy atom. The van der Waals surface area contributed by atoms with Gasteiger partial charge in [-0.05, 0) is 31.5 Å². The molecule has 0 amide bonds. The second-order valence-electron chi connectivity index (χ2n) is 4.35. The summed E-state index contributed by atoms with van der Waals surface area (Å²) in [7, 11) is 1.82. The summed E-state index contributed by atoms with van der Waals surface area (Å²) in [6.07, 6.45) is 0.352. The van der Waals surface area contributed by atoms with Crippen LogP contribution in [0.3, 0.4) is 0 Å². The summed E-state index contributed by atoms with van der Waals surface area (Å²) in [6.45, 7) is 1.90. The predicted octanol–water partition coefficient (Wildman–Crippen LogP) is 2.76. The lowest BCUT2D eigenvalue weighted by atomic mass is 10.0. The van der Waals surface area contributed by atoms with E-state index in [1.165, 1.54) is 6.07 Å². The molecule has 96 valence electrons. The minimum Gasteiger partial charge on any atom is -0.322 e. The highest BCUT2D eigenvalue weighted by Crippen LogP contribution is 2.24. The second kappa shape index (κ2) is 5.08. The number of benzene rings is 1. The lowest BCUT2D eigenvalue weighted by molar-refractivity contribution is 0.573. The number of nitrogens with zero attached hydrogens (tertiary/aromatic N) is 2. The predicted molar refractivity (Wildman–Crippen MR) is 70.0 cm³/mol. The smallest absolute Gasteiger partial charge is 0.127 e. The Hall–Kier alpha value is -1.39. The van der Waals surface area contributed by atoms with Gasteiger partial charge in [0.1, 0.15) is 5.82 Å². The maximum Gasteiger partial charge on any atom is 0.127 e. The highest BCUT2D eigenvalue weighted by Gasteiger charge is 2.16. The van der Waals surface area contributed by atoms with Crippen molar-refractivity contribution >= 4 is 11.6 Å². The molecule has 0 aliphatic rings. The summed E-state index contributed by atoms with van der Waals surface area (Å²) in [4.78, 5) is 0. The zero-order valence-corrected chi connectivity index (χ0v) is 11.1. The number of aromatic nitrogens is 2. The fourth-order valence-corrected chi connectivity index (χ4v) is 2.27. The number of hydrogen-bond donors (Lipinski definition) is 1. The minimum absolute atomic E-state index is 0.322. The molecule has 0 saturated carbocycles. The van der Waals surface area contributed by atoms with Gasteiger partial charge in [0.15, 0.2) is 0 Å². The molecule has 3 nitrogen and oxygen atoms in total. The quantitative estimate of drug-likeness (QED) is 0.929. The van der Waals surface area contributed by atoms with Crippen molar-refractivity contribution in [2.24, 2.45) is 12.8 Å². The van der Waals surface area contributed by atoms with Crippen molar-refractivity contribution in [2.75, 3.05) is 0 Å². The fourth-order valence-electron chi connectivity index (χ4n) is 2.03. The van der Waals surface area contributed by atoms with E-state index < -0.39 is 0 Å². The number of halogens is 2. The van der Waals surface area contributed by atoms with E-state index >= 15 is 0 Å². The van der Waals surface area contributed by atoms with Crippen LogP contribution in [0.4, 0.5) is 4.39 Å². The molecule has 2 aromatic rings. The van der Waals surface area contributed by atoms with Crippen LogP contribution in [-0.4, -0.2) is 9.78 Å². The Balaban J connectivity index is 2.26. The van der Waals surface area contributed by atoms with Gasteiger partial charge >= 0.3 is 0 Å². The molecule has 18 heavy (non-hydrogen) atoms. The highest BCUT2D eigenvalue weighted by atomic mass is 35.5. The third kappa shape index (κ3) is 2.54. The lowest BCUT2D eigenvalue weighted by Crippen LogP contribution is -2.18. The van der Waals surface area contributed by atoms with Gasteiger partial charge in [0, 0.05) is 17.6 Å². The Labute approximate surface area is 110 Å². The highest BCUT2D eigenvalue weighted by molar-refractivity contribution is 6.31. The van der Waals surface area contributed by atoms with Crippen molar-refractivity contribution in [1.82, 2.24) is 9.78 Å². The van der Waals surface area contributed by atoms with Gasteiger partial charge in [-0.3, -0.25) is 4.68 Å². The van der Waals surface area contributed by atoms with Crippen LogP contribution in [0.2, 0.25) is 5.02 Å². The van der Waals surface area contributed by atoms with Gasteiger partial charge in [0.25, 0.3) is 0 Å². The van der Waals surface area contributed by atoms with E-state index in [1.54, 1.807) is 16.8 Å². The van der Waals surface area contributed by atoms with Crippen LogP contribution in [0, 0.1) is 12.7 Å². The summed E-state index contributed by atoms with van der Waals surface area (Å²) in [6, 6.07) is 6.22. The molecule has 2 rings (SSSR count). The van der Waals surface area contributed by atoms with Crippen molar-refractivity contribution in [2.45, 2.75) is 19.4 Å². The van der Waals surface area contributed by atoms with Crippen LogP contribution in [0.5, 0.6) is 0 Å². The van der Waals surface area contributed by atoms with E-state index in [0.717, 1.165) is 11.4 Å². The number of rotatable bonds is 3. The van der Waals surface area contributed by atoms with Gasteiger partial charge in [-0.15, -0.1) is 0 Å². The maximum atomic E-state index is 13.7. The van der Waals surface area contributed by atoms with Gasteiger partial charge in [0.05, 0.1) is 17.4 Å². The minimum atomic E-state index is -0.328. The van der Waals surface area contributed by atoms with Crippen molar-refractivity contribution < 1.29 is 4.39 Å². The molecule has 1 heterocycles. The van der Waals surface area contributed by atoms with E-state index in [0.29, 0.717) is 17.0 Å². The average Bonchev–Trinajstić information content (AvgIpc) is 2.63. The standard InChI is InChI=1S/C13H15ClFN3/c1-8-6-13(18(2)17-8)12(16)7-9-10(14)4-3-5-11(9)15/h3-6,12H,7,16H2,1-2H3. The molecule has 1 atom stereocenters. The summed E-state index contributed by atoms with van der Waals surface area (Å²) < 4.78 is 15.4. The van der Waals surface area contributed by atoms with Crippen LogP contribution in [0.25, 0.3) is 0 Å². The van der Waals surface area contributed by atoms with Crippen molar-refractivity contribution in [3.63, 3.8) is 0 Å². The monoisotopic (exact) mass is 267 g/mol. The number of aryl methyl sites for hydroxylation is 2. The second-order valence-corrected chi connectivity index (χ2v) is 4.75. The van der Waals surface area contributed by atoms with E-state index in [1.807, 2.05) is 20.0 Å². The fraction of sp³-hybridized carbons (Fsp3) is 0.308. The topological polar surface area (TPSA) is 43.8 Å². The molecule has 1 unspecified atom stereocenters. The summed E-state index contributed by atoms with van der Waals surface area (Å²) >= 11 is 5.99. The maximum absolute atomic E-state index is 13.7. The first kappa shape index (κ1) is 13.1. The van der Waals surface area contributed by atoms with E-state index in [4.69, 9.17) is 17.3 Å². The molecule has 0 aliphatic carbocycles. The third-order valence-electron chi connectivity index (χ3n) is 2.90. The SMILES string of the molecule is Cc1cc(C(N)Cc2c(F)cccc2Cl)n(C)n1.